The fourth-order valence-electron chi connectivity index (χ4n) is 1.84. The van der Waals surface area contributed by atoms with Crippen molar-refractivity contribution in [2.75, 3.05) is 6.61 Å². The number of carbonyl (C=O) groups excluding carboxylic acids is 1. The highest BCUT2D eigenvalue weighted by atomic mass is 35.5. The quantitative estimate of drug-likeness (QED) is 0.407. The molecule has 0 radical (unpaired) electrons. The van der Waals surface area contributed by atoms with E-state index in [1.165, 1.54) is 0 Å². The zero-order chi connectivity index (χ0) is 9.69. The molecule has 0 N–H and O–H groups in total. The van der Waals surface area contributed by atoms with Gasteiger partial charge < -0.3 is 9.47 Å². The summed E-state index contributed by atoms with van der Waals surface area (Å²) in [6.45, 7) is 2.06. The first kappa shape index (κ1) is 9.56. The third-order valence-corrected chi connectivity index (χ3v) is 3.65. The van der Waals surface area contributed by atoms with Gasteiger partial charge in [-0.1, -0.05) is 11.6 Å². The molecule has 13 heavy (non-hydrogen) atoms. The molecule has 3 atom stereocenters. The molecule has 5 heteroatoms. The summed E-state index contributed by atoms with van der Waals surface area (Å²) in [5.74, 6) is -0.428. The van der Waals surface area contributed by atoms with Gasteiger partial charge in [0.05, 0.1) is 12.0 Å². The van der Waals surface area contributed by atoms with Crippen molar-refractivity contribution in [3.63, 3.8) is 0 Å². The van der Waals surface area contributed by atoms with Crippen molar-refractivity contribution in [3.8, 4) is 0 Å². The van der Waals surface area contributed by atoms with Crippen LogP contribution in [0.5, 0.6) is 0 Å². The molecule has 0 bridgehead atoms. The van der Waals surface area contributed by atoms with Gasteiger partial charge in [-0.3, -0.25) is 0 Å². The molecule has 0 amide bonds. The highest BCUT2D eigenvalue weighted by molar-refractivity contribution is 6.33. The van der Waals surface area contributed by atoms with E-state index in [1.807, 2.05) is 0 Å². The number of carbonyl (C=O) groups is 1. The monoisotopic (exact) mass is 224 g/mol. The highest BCUT2D eigenvalue weighted by Gasteiger charge is 2.81. The van der Waals surface area contributed by atoms with E-state index in [9.17, 15) is 4.79 Å². The van der Waals surface area contributed by atoms with Gasteiger partial charge in [-0.15, -0.1) is 11.6 Å². The van der Waals surface area contributed by atoms with Crippen LogP contribution in [0.15, 0.2) is 0 Å². The Kier molecular flexibility index (Phi) is 2.02. The standard InChI is InChI=1S/C8H10Cl2O3/c1-2-12-6(11)8-5(9)3-4-7(8,10)13-8/h5H,2-4H2,1H3/t5-,7+,8+/m0/s1. The minimum atomic E-state index is -1.06. The summed E-state index contributed by atoms with van der Waals surface area (Å²) in [4.78, 5) is 11.5. The largest absolute Gasteiger partial charge is 0.464 e. The first-order valence-electron chi connectivity index (χ1n) is 4.27. The summed E-state index contributed by atoms with van der Waals surface area (Å²) < 4.78 is 10.1. The van der Waals surface area contributed by atoms with E-state index < -0.39 is 16.6 Å². The zero-order valence-corrected chi connectivity index (χ0v) is 8.69. The fourth-order valence-corrected chi connectivity index (χ4v) is 2.75. The molecule has 0 spiro atoms. The molecule has 1 saturated carbocycles. The average molecular weight is 225 g/mol. The van der Waals surface area contributed by atoms with E-state index >= 15 is 0 Å². The molecular formula is C8H10Cl2O3. The molecular weight excluding hydrogens is 215 g/mol. The molecule has 3 nitrogen and oxygen atoms in total. The van der Waals surface area contributed by atoms with E-state index in [1.54, 1.807) is 6.92 Å². The summed E-state index contributed by atoms with van der Waals surface area (Å²) in [7, 11) is 0. The van der Waals surface area contributed by atoms with E-state index in [0.29, 0.717) is 19.4 Å². The molecule has 1 heterocycles. The van der Waals surface area contributed by atoms with Gasteiger partial charge in [0.25, 0.3) is 0 Å². The fraction of sp³-hybridized carbons (Fsp3) is 0.875. The number of hydrogen-bond donors (Lipinski definition) is 0. The van der Waals surface area contributed by atoms with Gasteiger partial charge >= 0.3 is 5.97 Å². The number of esters is 1. The number of ether oxygens (including phenoxy) is 2. The third-order valence-electron chi connectivity index (χ3n) is 2.57. The Hall–Kier alpha value is 0.01000. The van der Waals surface area contributed by atoms with Crippen molar-refractivity contribution in [1.82, 2.24) is 0 Å². The minimum Gasteiger partial charge on any atom is -0.464 e. The maximum absolute atomic E-state index is 11.5. The second-order valence-electron chi connectivity index (χ2n) is 3.29. The van der Waals surface area contributed by atoms with Crippen LogP contribution in [0.2, 0.25) is 0 Å². The van der Waals surface area contributed by atoms with Gasteiger partial charge in [-0.25, -0.2) is 4.79 Å². The van der Waals surface area contributed by atoms with E-state index in [-0.39, 0.29) is 5.38 Å². The van der Waals surface area contributed by atoms with Crippen molar-refractivity contribution < 1.29 is 14.3 Å². The molecule has 1 aliphatic heterocycles. The lowest BCUT2D eigenvalue weighted by molar-refractivity contribution is -0.149. The number of halogens is 2. The Morgan fingerprint density at radius 1 is 1.77 bits per heavy atom. The molecule has 0 aromatic carbocycles. The van der Waals surface area contributed by atoms with Crippen LogP contribution in [0.25, 0.3) is 0 Å². The molecule has 0 aromatic heterocycles. The van der Waals surface area contributed by atoms with Gasteiger partial charge in [0.2, 0.25) is 5.60 Å². The molecule has 0 unspecified atom stereocenters. The number of alkyl halides is 2. The average Bonchev–Trinajstić information content (AvgIpc) is 2.64. The van der Waals surface area contributed by atoms with Crippen molar-refractivity contribution in [2.45, 2.75) is 35.8 Å². The van der Waals surface area contributed by atoms with Crippen LogP contribution >= 0.6 is 23.2 Å². The van der Waals surface area contributed by atoms with Crippen molar-refractivity contribution in [3.05, 3.63) is 0 Å². The second-order valence-corrected chi connectivity index (χ2v) is 4.43. The van der Waals surface area contributed by atoms with Crippen LogP contribution in [0.4, 0.5) is 0 Å². The molecule has 2 rings (SSSR count). The van der Waals surface area contributed by atoms with Crippen LogP contribution in [0.1, 0.15) is 19.8 Å². The molecule has 2 fully saturated rings. The summed E-state index contributed by atoms with van der Waals surface area (Å²) in [6.07, 6.45) is 1.31. The maximum atomic E-state index is 11.5. The first-order chi connectivity index (χ1) is 6.07. The van der Waals surface area contributed by atoms with Crippen LogP contribution in [-0.2, 0) is 14.3 Å². The molecule has 1 aliphatic carbocycles. The predicted octanol–water partition coefficient (Wildman–Crippen LogP) is 1.65. The van der Waals surface area contributed by atoms with Crippen LogP contribution in [0.3, 0.4) is 0 Å². The normalized spacial score (nSPS) is 47.2. The Bertz CT molecular complexity index is 258. The van der Waals surface area contributed by atoms with Crippen molar-refractivity contribution in [1.29, 1.82) is 0 Å². The van der Waals surface area contributed by atoms with Crippen molar-refractivity contribution >= 4 is 29.2 Å². The number of epoxide rings is 1. The Balaban J connectivity index is 2.18. The van der Waals surface area contributed by atoms with Gasteiger partial charge in [0.15, 0.2) is 5.06 Å². The number of hydrogen-bond acceptors (Lipinski definition) is 3. The predicted molar refractivity (Wildman–Crippen MR) is 47.9 cm³/mol. The summed E-state index contributed by atoms with van der Waals surface area (Å²) in [5, 5.41) is -1.24. The minimum absolute atomic E-state index is 0.320. The van der Waals surface area contributed by atoms with E-state index in [2.05, 4.69) is 0 Å². The third kappa shape index (κ3) is 1.04. The van der Waals surface area contributed by atoms with E-state index in [0.717, 1.165) is 0 Å². The number of rotatable bonds is 2. The summed E-state index contributed by atoms with van der Waals surface area (Å²) in [6, 6.07) is 0. The molecule has 74 valence electrons. The van der Waals surface area contributed by atoms with Gasteiger partial charge in [-0.05, 0) is 19.8 Å². The lowest BCUT2D eigenvalue weighted by Crippen LogP contribution is -2.36. The first-order valence-corrected chi connectivity index (χ1v) is 5.08. The Morgan fingerprint density at radius 2 is 2.46 bits per heavy atom. The van der Waals surface area contributed by atoms with E-state index in [4.69, 9.17) is 32.7 Å². The van der Waals surface area contributed by atoms with Gasteiger partial charge in [-0.2, -0.15) is 0 Å². The van der Waals surface area contributed by atoms with Crippen LogP contribution < -0.4 is 0 Å². The number of fused-ring (bicyclic) bond motifs is 1. The Labute approximate surface area is 86.3 Å². The Morgan fingerprint density at radius 3 is 2.85 bits per heavy atom. The second kappa shape index (κ2) is 2.75. The zero-order valence-electron chi connectivity index (χ0n) is 7.18. The lowest BCUT2D eigenvalue weighted by atomic mass is 10.1. The topological polar surface area (TPSA) is 38.8 Å². The van der Waals surface area contributed by atoms with Gasteiger partial charge in [0.1, 0.15) is 0 Å². The molecule has 1 saturated heterocycles. The van der Waals surface area contributed by atoms with Gasteiger partial charge in [0, 0.05) is 0 Å². The van der Waals surface area contributed by atoms with Crippen LogP contribution in [0, 0.1) is 0 Å². The summed E-state index contributed by atoms with van der Waals surface area (Å²) >= 11 is 12.0. The molecule has 2 aliphatic rings. The highest BCUT2D eigenvalue weighted by Crippen LogP contribution is 2.64. The summed E-state index contributed by atoms with van der Waals surface area (Å²) in [5.41, 5.74) is -1.06. The SMILES string of the molecule is CCOC(=O)[C@@]12O[C@]1(Cl)CC[C@@H]2Cl. The smallest absolute Gasteiger partial charge is 0.344 e. The van der Waals surface area contributed by atoms with Crippen LogP contribution in [-0.4, -0.2) is 28.6 Å². The maximum Gasteiger partial charge on any atom is 0.344 e. The molecule has 0 aromatic rings. The lowest BCUT2D eigenvalue weighted by Gasteiger charge is -2.11. The van der Waals surface area contributed by atoms with Crippen molar-refractivity contribution in [2.24, 2.45) is 0 Å².